The molecule has 0 aliphatic rings. The molecule has 5 nitrogen and oxygen atoms in total. The molecule has 112 valence electrons. The quantitative estimate of drug-likeness (QED) is 0.881. The number of hydrogen-bond donors (Lipinski definition) is 1. The fourth-order valence-electron chi connectivity index (χ4n) is 2.16. The van der Waals surface area contributed by atoms with Gasteiger partial charge in [0.25, 0.3) is 0 Å². The summed E-state index contributed by atoms with van der Waals surface area (Å²) in [5.41, 5.74) is 2.32. The molecule has 1 unspecified atom stereocenters. The zero-order valence-corrected chi connectivity index (χ0v) is 12.8. The fourth-order valence-corrected chi connectivity index (χ4v) is 2.16. The lowest BCUT2D eigenvalue weighted by atomic mass is 10.1. The number of hydrogen-bond acceptors (Lipinski definition) is 3. The van der Waals surface area contributed by atoms with Crippen LogP contribution in [-0.4, -0.2) is 40.5 Å². The highest BCUT2D eigenvalue weighted by atomic mass is 16.1. The number of carbonyl (C=O) groups is 1. The molecule has 1 amide bonds. The third-order valence-corrected chi connectivity index (χ3v) is 3.68. The Kier molecular flexibility index (Phi) is 5.11. The highest BCUT2D eigenvalue weighted by Gasteiger charge is 2.13. The normalized spacial score (nSPS) is 12.4. The Morgan fingerprint density at radius 1 is 1.38 bits per heavy atom. The summed E-state index contributed by atoms with van der Waals surface area (Å²) in [6, 6.07) is 8.58. The van der Waals surface area contributed by atoms with Crippen LogP contribution in [-0.2, 0) is 11.3 Å². The maximum absolute atomic E-state index is 11.4. The molecular formula is C16H22N4O. The van der Waals surface area contributed by atoms with Crippen molar-refractivity contribution in [1.29, 1.82) is 0 Å². The molecule has 2 aromatic rings. The van der Waals surface area contributed by atoms with Crippen LogP contribution in [0.3, 0.4) is 0 Å². The van der Waals surface area contributed by atoms with E-state index in [0.717, 1.165) is 12.2 Å². The van der Waals surface area contributed by atoms with Crippen LogP contribution in [0.2, 0.25) is 0 Å². The Morgan fingerprint density at radius 3 is 2.67 bits per heavy atom. The molecule has 2 rings (SSSR count). The van der Waals surface area contributed by atoms with Crippen molar-refractivity contribution in [2.24, 2.45) is 0 Å². The minimum Gasteiger partial charge on any atom is -0.359 e. The molecule has 0 radical (unpaired) electrons. The van der Waals surface area contributed by atoms with E-state index in [2.05, 4.69) is 46.4 Å². The Labute approximate surface area is 125 Å². The van der Waals surface area contributed by atoms with Crippen LogP contribution in [0.1, 0.15) is 18.9 Å². The summed E-state index contributed by atoms with van der Waals surface area (Å²) in [6.07, 6.45) is 5.99. The second-order valence-corrected chi connectivity index (χ2v) is 5.28. The summed E-state index contributed by atoms with van der Waals surface area (Å²) in [7, 11) is 3.71. The van der Waals surface area contributed by atoms with Gasteiger partial charge in [0.15, 0.2) is 0 Å². The van der Waals surface area contributed by atoms with E-state index in [0.29, 0.717) is 6.42 Å². The van der Waals surface area contributed by atoms with Crippen LogP contribution >= 0.6 is 0 Å². The number of aromatic nitrogens is 2. The second-order valence-electron chi connectivity index (χ2n) is 5.28. The number of nitrogens with zero attached hydrogens (tertiary/aromatic N) is 3. The molecule has 0 aliphatic carbocycles. The summed E-state index contributed by atoms with van der Waals surface area (Å²) in [5.74, 6) is 0.0739. The second kappa shape index (κ2) is 7.04. The lowest BCUT2D eigenvalue weighted by Gasteiger charge is -2.24. The first kappa shape index (κ1) is 15.3. The Bertz CT molecular complexity index is 562. The lowest BCUT2D eigenvalue weighted by molar-refractivity contribution is -0.121. The predicted octanol–water partition coefficient (Wildman–Crippen LogP) is 1.83. The van der Waals surface area contributed by atoms with Crippen molar-refractivity contribution in [3.63, 3.8) is 0 Å². The van der Waals surface area contributed by atoms with Gasteiger partial charge in [-0.15, -0.1) is 0 Å². The van der Waals surface area contributed by atoms with E-state index in [4.69, 9.17) is 0 Å². The molecule has 5 heteroatoms. The molecule has 0 saturated carbocycles. The monoisotopic (exact) mass is 286 g/mol. The van der Waals surface area contributed by atoms with Crippen molar-refractivity contribution in [3.8, 4) is 5.69 Å². The molecule has 1 N–H and O–H groups in total. The van der Waals surface area contributed by atoms with E-state index in [1.807, 2.05) is 17.8 Å². The molecule has 0 bridgehead atoms. The molecule has 1 heterocycles. The molecular weight excluding hydrogens is 264 g/mol. The van der Waals surface area contributed by atoms with Gasteiger partial charge in [-0.1, -0.05) is 12.1 Å². The Hall–Kier alpha value is -2.14. The zero-order valence-electron chi connectivity index (χ0n) is 12.8. The maximum atomic E-state index is 11.4. The molecule has 1 aromatic heterocycles. The van der Waals surface area contributed by atoms with Crippen LogP contribution in [0.4, 0.5) is 0 Å². The third-order valence-electron chi connectivity index (χ3n) is 3.68. The summed E-state index contributed by atoms with van der Waals surface area (Å²) in [6.45, 7) is 2.89. The summed E-state index contributed by atoms with van der Waals surface area (Å²) >= 11 is 0. The summed E-state index contributed by atoms with van der Waals surface area (Å²) in [4.78, 5) is 17.6. The topological polar surface area (TPSA) is 50.2 Å². The number of amides is 1. The molecule has 0 fully saturated rings. The van der Waals surface area contributed by atoms with Gasteiger partial charge in [-0.2, -0.15) is 0 Å². The minimum atomic E-state index is 0.0739. The van der Waals surface area contributed by atoms with Crippen molar-refractivity contribution in [3.05, 3.63) is 48.5 Å². The number of rotatable bonds is 6. The molecule has 21 heavy (non-hydrogen) atoms. The fraction of sp³-hybridized carbons (Fsp3) is 0.375. The largest absolute Gasteiger partial charge is 0.359 e. The number of imidazole rings is 1. The van der Waals surface area contributed by atoms with Crippen molar-refractivity contribution >= 4 is 5.91 Å². The zero-order chi connectivity index (χ0) is 15.2. The number of benzene rings is 1. The van der Waals surface area contributed by atoms with E-state index in [-0.39, 0.29) is 11.9 Å². The molecule has 0 spiro atoms. The van der Waals surface area contributed by atoms with Gasteiger partial charge >= 0.3 is 0 Å². The van der Waals surface area contributed by atoms with Crippen LogP contribution < -0.4 is 5.32 Å². The van der Waals surface area contributed by atoms with Gasteiger partial charge in [-0.05, 0) is 31.7 Å². The summed E-state index contributed by atoms with van der Waals surface area (Å²) < 4.78 is 1.97. The van der Waals surface area contributed by atoms with E-state index >= 15 is 0 Å². The average Bonchev–Trinajstić information content (AvgIpc) is 3.02. The van der Waals surface area contributed by atoms with Crippen molar-refractivity contribution < 1.29 is 4.79 Å². The van der Waals surface area contributed by atoms with Gasteiger partial charge in [0, 0.05) is 44.1 Å². The maximum Gasteiger partial charge on any atom is 0.221 e. The first-order valence-corrected chi connectivity index (χ1v) is 7.08. The highest BCUT2D eigenvalue weighted by molar-refractivity contribution is 5.76. The van der Waals surface area contributed by atoms with Gasteiger partial charge in [0.05, 0.1) is 6.33 Å². The van der Waals surface area contributed by atoms with Crippen LogP contribution in [0.25, 0.3) is 5.69 Å². The average molecular weight is 286 g/mol. The van der Waals surface area contributed by atoms with Crippen molar-refractivity contribution in [2.75, 3.05) is 14.1 Å². The van der Waals surface area contributed by atoms with Crippen LogP contribution in [0.5, 0.6) is 0 Å². The SMILES string of the molecule is CNC(=O)CC(C)N(C)Cc1ccc(-n2ccnc2)cc1. The van der Waals surface area contributed by atoms with Gasteiger partial charge in [0.2, 0.25) is 5.91 Å². The van der Waals surface area contributed by atoms with Gasteiger partial charge in [-0.25, -0.2) is 4.98 Å². The summed E-state index contributed by atoms with van der Waals surface area (Å²) in [5, 5.41) is 2.66. The van der Waals surface area contributed by atoms with Crippen LogP contribution in [0.15, 0.2) is 43.0 Å². The van der Waals surface area contributed by atoms with E-state index in [9.17, 15) is 4.79 Å². The first-order chi connectivity index (χ1) is 10.1. The molecule has 1 aromatic carbocycles. The highest BCUT2D eigenvalue weighted by Crippen LogP contribution is 2.12. The standard InChI is InChI=1S/C16H22N4O/c1-13(10-16(21)17-2)19(3)11-14-4-6-15(7-5-14)20-9-8-18-12-20/h4-9,12-13H,10-11H2,1-3H3,(H,17,21). The minimum absolute atomic E-state index is 0.0739. The third kappa shape index (κ3) is 4.16. The smallest absolute Gasteiger partial charge is 0.221 e. The molecule has 0 saturated heterocycles. The van der Waals surface area contributed by atoms with Gasteiger partial charge < -0.3 is 9.88 Å². The number of nitrogens with one attached hydrogen (secondary N) is 1. The first-order valence-electron chi connectivity index (χ1n) is 7.08. The van der Waals surface area contributed by atoms with Crippen LogP contribution in [0, 0.1) is 0 Å². The lowest BCUT2D eigenvalue weighted by Crippen LogP contribution is -2.33. The Balaban J connectivity index is 1.95. The van der Waals surface area contributed by atoms with E-state index in [1.54, 1.807) is 19.6 Å². The van der Waals surface area contributed by atoms with E-state index < -0.39 is 0 Å². The van der Waals surface area contributed by atoms with E-state index in [1.165, 1.54) is 5.56 Å². The predicted molar refractivity (Wildman–Crippen MR) is 83.2 cm³/mol. The van der Waals surface area contributed by atoms with Gasteiger partial charge in [0.1, 0.15) is 0 Å². The molecule has 0 aliphatic heterocycles. The Morgan fingerprint density at radius 2 is 2.10 bits per heavy atom. The number of carbonyl (C=O) groups excluding carboxylic acids is 1. The van der Waals surface area contributed by atoms with Crippen molar-refractivity contribution in [2.45, 2.75) is 25.9 Å². The molecule has 1 atom stereocenters. The van der Waals surface area contributed by atoms with Gasteiger partial charge in [-0.3, -0.25) is 9.69 Å². The van der Waals surface area contributed by atoms with Crippen molar-refractivity contribution in [1.82, 2.24) is 19.8 Å².